The zero-order valence-corrected chi connectivity index (χ0v) is 15.8. The van der Waals surface area contributed by atoms with Crippen LogP contribution in [-0.4, -0.2) is 41.1 Å². The van der Waals surface area contributed by atoms with Crippen LogP contribution in [0.2, 0.25) is 5.02 Å². The van der Waals surface area contributed by atoms with Crippen molar-refractivity contribution in [2.24, 2.45) is 5.92 Å². The molecule has 0 bridgehead atoms. The second-order valence-corrected chi connectivity index (χ2v) is 6.74. The summed E-state index contributed by atoms with van der Waals surface area (Å²) in [6, 6.07) is 4.70. The first-order valence-electron chi connectivity index (χ1n) is 8.54. The topological polar surface area (TPSA) is 67.3 Å². The highest BCUT2D eigenvalue weighted by Gasteiger charge is 2.25. The lowest BCUT2D eigenvalue weighted by Gasteiger charge is -2.33. The number of benzene rings is 1. The second-order valence-electron chi connectivity index (χ2n) is 6.33. The van der Waals surface area contributed by atoms with Gasteiger partial charge in [-0.15, -0.1) is 0 Å². The first-order valence-corrected chi connectivity index (χ1v) is 8.92. The van der Waals surface area contributed by atoms with E-state index in [2.05, 4.69) is 15.3 Å². The second kappa shape index (κ2) is 8.35. The quantitative estimate of drug-likeness (QED) is 0.851. The van der Waals surface area contributed by atoms with Gasteiger partial charge < -0.3 is 9.64 Å². The number of piperidine rings is 1. The molecule has 1 aliphatic rings. The van der Waals surface area contributed by atoms with E-state index in [4.69, 9.17) is 16.3 Å². The summed E-state index contributed by atoms with van der Waals surface area (Å²) < 4.78 is 19.1. The van der Waals surface area contributed by atoms with Crippen molar-refractivity contribution >= 4 is 29.5 Å². The number of nitrogens with one attached hydrogen (secondary N) is 1. The normalized spacial score (nSPS) is 18.4. The van der Waals surface area contributed by atoms with E-state index in [1.807, 2.05) is 13.0 Å². The van der Waals surface area contributed by atoms with Gasteiger partial charge in [-0.1, -0.05) is 42.3 Å². The number of nitrogens with zero attached hydrogens (tertiary/aromatic N) is 3. The van der Waals surface area contributed by atoms with Crippen LogP contribution in [-0.2, 0) is 0 Å². The van der Waals surface area contributed by atoms with Crippen molar-refractivity contribution in [3.05, 3.63) is 52.6 Å². The van der Waals surface area contributed by atoms with Gasteiger partial charge in [0.2, 0.25) is 5.88 Å². The highest BCUT2D eigenvalue weighted by molar-refractivity contribution is 6.30. The van der Waals surface area contributed by atoms with E-state index in [9.17, 15) is 9.18 Å². The van der Waals surface area contributed by atoms with Gasteiger partial charge in [-0.05, 0) is 18.4 Å². The molecule has 2 amide bonds. The molecule has 142 valence electrons. The maximum atomic E-state index is 14.1. The lowest BCUT2D eigenvalue weighted by molar-refractivity contribution is 0.197. The number of carbonyl (C=O) groups is 1. The number of aromatic nitrogens is 2. The molecule has 0 radical (unpaired) electrons. The number of ether oxygens (including phenoxy) is 1. The third kappa shape index (κ3) is 4.54. The van der Waals surface area contributed by atoms with Crippen LogP contribution in [0.15, 0.2) is 36.2 Å². The van der Waals surface area contributed by atoms with Gasteiger partial charge in [0.1, 0.15) is 5.82 Å². The molecule has 1 atom stereocenters. The number of methoxy groups -OCH3 is 1. The Kier molecular flexibility index (Phi) is 5.91. The summed E-state index contributed by atoms with van der Waals surface area (Å²) in [5.41, 5.74) is 1.56. The van der Waals surface area contributed by atoms with Crippen molar-refractivity contribution in [2.75, 3.05) is 25.5 Å². The molecule has 27 heavy (non-hydrogen) atoms. The van der Waals surface area contributed by atoms with Gasteiger partial charge in [0.05, 0.1) is 24.5 Å². The Balaban J connectivity index is 1.64. The summed E-state index contributed by atoms with van der Waals surface area (Å²) in [6.07, 6.45) is 5.37. The maximum absolute atomic E-state index is 14.1. The first-order chi connectivity index (χ1) is 13.0. The molecule has 1 saturated heterocycles. The molecule has 1 aliphatic heterocycles. The Morgan fingerprint density at radius 2 is 2.22 bits per heavy atom. The van der Waals surface area contributed by atoms with Crippen molar-refractivity contribution < 1.29 is 13.9 Å². The van der Waals surface area contributed by atoms with Crippen LogP contribution in [0.5, 0.6) is 5.88 Å². The number of hydrogen-bond donors (Lipinski definition) is 1. The van der Waals surface area contributed by atoms with Crippen LogP contribution in [0.1, 0.15) is 18.9 Å². The van der Waals surface area contributed by atoms with Crippen LogP contribution in [0.4, 0.5) is 15.0 Å². The summed E-state index contributed by atoms with van der Waals surface area (Å²) >= 11 is 5.84. The Morgan fingerprint density at radius 1 is 1.41 bits per heavy atom. The Labute approximate surface area is 162 Å². The van der Waals surface area contributed by atoms with Crippen LogP contribution in [0, 0.1) is 11.7 Å². The minimum Gasteiger partial charge on any atom is -0.480 e. The van der Waals surface area contributed by atoms with E-state index >= 15 is 0 Å². The maximum Gasteiger partial charge on any atom is 0.323 e. The number of amides is 2. The largest absolute Gasteiger partial charge is 0.480 e. The fourth-order valence-corrected chi connectivity index (χ4v) is 3.14. The van der Waals surface area contributed by atoms with E-state index < -0.39 is 5.82 Å². The van der Waals surface area contributed by atoms with Gasteiger partial charge in [0, 0.05) is 18.7 Å². The highest BCUT2D eigenvalue weighted by atomic mass is 35.5. The van der Waals surface area contributed by atoms with E-state index in [0.717, 1.165) is 5.57 Å². The lowest BCUT2D eigenvalue weighted by atomic mass is 9.91. The van der Waals surface area contributed by atoms with Gasteiger partial charge in [-0.3, -0.25) is 5.32 Å². The first kappa shape index (κ1) is 19.1. The minimum absolute atomic E-state index is 0.102. The van der Waals surface area contributed by atoms with Crippen LogP contribution in [0.25, 0.3) is 6.08 Å². The predicted molar refractivity (Wildman–Crippen MR) is 102 cm³/mol. The molecule has 2 aromatic rings. The molecular weight excluding hydrogens is 371 g/mol. The van der Waals surface area contributed by atoms with E-state index in [-0.39, 0.29) is 17.0 Å². The van der Waals surface area contributed by atoms with Crippen molar-refractivity contribution in [3.8, 4) is 5.88 Å². The number of halogens is 2. The number of carbonyl (C=O) groups excluding carboxylic acids is 1. The third-order valence-electron chi connectivity index (χ3n) is 4.48. The lowest BCUT2D eigenvalue weighted by Crippen LogP contribution is -2.42. The fraction of sp³-hybridized carbons (Fsp3) is 0.316. The molecule has 0 spiro atoms. The van der Waals surface area contributed by atoms with E-state index in [1.165, 1.54) is 25.6 Å². The van der Waals surface area contributed by atoms with Crippen LogP contribution >= 0.6 is 11.6 Å². The van der Waals surface area contributed by atoms with E-state index in [0.29, 0.717) is 36.8 Å². The molecule has 1 fully saturated rings. The fourth-order valence-electron chi connectivity index (χ4n) is 2.95. The molecule has 0 aliphatic carbocycles. The molecule has 1 unspecified atom stereocenters. The average Bonchev–Trinajstić information content (AvgIpc) is 2.67. The summed E-state index contributed by atoms with van der Waals surface area (Å²) in [5, 5.41) is 2.83. The number of urea groups is 1. The molecule has 1 aromatic carbocycles. The minimum atomic E-state index is -0.419. The number of anilines is 1. The van der Waals surface area contributed by atoms with Crippen molar-refractivity contribution in [2.45, 2.75) is 13.3 Å². The van der Waals surface area contributed by atoms with Gasteiger partial charge in [-0.2, -0.15) is 0 Å². The number of hydrogen-bond acceptors (Lipinski definition) is 4. The summed E-state index contributed by atoms with van der Waals surface area (Å²) in [5.74, 6) is 0.417. The molecule has 1 N–H and O–H groups in total. The summed E-state index contributed by atoms with van der Waals surface area (Å²) in [6.45, 7) is 3.08. The molecule has 0 saturated carbocycles. The molecule has 1 aromatic heterocycles. The molecule has 8 heteroatoms. The van der Waals surface area contributed by atoms with Crippen molar-refractivity contribution in [1.29, 1.82) is 0 Å². The highest BCUT2D eigenvalue weighted by Crippen LogP contribution is 2.27. The zero-order chi connectivity index (χ0) is 19.4. The third-order valence-corrected chi connectivity index (χ3v) is 4.77. The predicted octanol–water partition coefficient (Wildman–Crippen LogP) is 4.24. The number of rotatable bonds is 3. The van der Waals surface area contributed by atoms with Crippen LogP contribution < -0.4 is 10.1 Å². The smallest absolute Gasteiger partial charge is 0.323 e. The van der Waals surface area contributed by atoms with Crippen LogP contribution in [0.3, 0.4) is 0 Å². The zero-order valence-electron chi connectivity index (χ0n) is 15.1. The van der Waals surface area contributed by atoms with Gasteiger partial charge in [0.15, 0.2) is 5.82 Å². The Morgan fingerprint density at radius 3 is 2.89 bits per heavy atom. The van der Waals surface area contributed by atoms with Crippen molar-refractivity contribution in [1.82, 2.24) is 14.9 Å². The summed E-state index contributed by atoms with van der Waals surface area (Å²) in [7, 11) is 1.50. The summed E-state index contributed by atoms with van der Waals surface area (Å²) in [4.78, 5) is 22.3. The molecule has 3 rings (SSSR count). The monoisotopic (exact) mass is 390 g/mol. The van der Waals surface area contributed by atoms with Gasteiger partial charge in [0.25, 0.3) is 0 Å². The standard InChI is InChI=1S/C19H20ClFN4O2/c1-12-11-25(19(26)24-16-9-23-17(27-2)10-22-16)7-6-13(12)8-14-4-3-5-15(20)18(14)21/h3-5,8-10,12H,6-7,11H2,1-2H3,(H,22,24,26)/b13-8+. The molecule has 6 nitrogen and oxygen atoms in total. The molecule has 2 heterocycles. The number of likely N-dealkylation sites (tertiary alicyclic amines) is 1. The Bertz CT molecular complexity index is 857. The van der Waals surface area contributed by atoms with Gasteiger partial charge in [-0.25, -0.2) is 19.2 Å². The van der Waals surface area contributed by atoms with Gasteiger partial charge >= 0.3 is 6.03 Å². The van der Waals surface area contributed by atoms with E-state index in [1.54, 1.807) is 17.0 Å². The molecular formula is C19H20ClFN4O2. The average molecular weight is 391 g/mol. The Hall–Kier alpha value is -2.67. The van der Waals surface area contributed by atoms with Crippen molar-refractivity contribution in [3.63, 3.8) is 0 Å². The SMILES string of the molecule is COc1cnc(NC(=O)N2CC/C(=C\c3cccc(Cl)c3F)C(C)C2)cn1.